The second kappa shape index (κ2) is 6.60. The Hall–Kier alpha value is -0.510. The molecule has 0 aromatic heterocycles. The van der Waals surface area contributed by atoms with Gasteiger partial charge in [0.15, 0.2) is 0 Å². The number of hydrogen-bond acceptors (Lipinski definition) is 3. The molecule has 2 rings (SSSR count). The number of nitrogens with two attached hydrogens (primary N) is 1. The summed E-state index contributed by atoms with van der Waals surface area (Å²) in [5.74, 6) is 2.53. The third-order valence-corrected chi connectivity index (χ3v) is 4.97. The van der Waals surface area contributed by atoms with E-state index >= 15 is 0 Å². The molecule has 1 fully saturated rings. The maximum absolute atomic E-state index is 6.06. The lowest BCUT2D eigenvalue weighted by Crippen LogP contribution is -2.35. The van der Waals surface area contributed by atoms with Gasteiger partial charge in [0, 0.05) is 24.9 Å². The molecule has 0 saturated carbocycles. The fourth-order valence-corrected chi connectivity index (χ4v) is 3.59. The highest BCUT2D eigenvalue weighted by molar-refractivity contribution is 7.99. The first-order chi connectivity index (χ1) is 8.74. The van der Waals surface area contributed by atoms with Crippen molar-refractivity contribution in [1.82, 2.24) is 4.90 Å². The van der Waals surface area contributed by atoms with E-state index in [1.165, 1.54) is 47.7 Å². The third-order valence-electron chi connectivity index (χ3n) is 3.93. The van der Waals surface area contributed by atoms with E-state index in [4.69, 9.17) is 5.73 Å². The molecule has 1 unspecified atom stereocenters. The van der Waals surface area contributed by atoms with Crippen LogP contribution in [-0.4, -0.2) is 36.0 Å². The van der Waals surface area contributed by atoms with Crippen LogP contribution >= 0.6 is 11.8 Å². The topological polar surface area (TPSA) is 29.3 Å². The van der Waals surface area contributed by atoms with Gasteiger partial charge in [0.05, 0.1) is 0 Å². The molecule has 0 bridgehead atoms. The van der Waals surface area contributed by atoms with Crippen molar-refractivity contribution in [3.63, 3.8) is 0 Å². The molecule has 0 spiro atoms. The minimum absolute atomic E-state index is 0.392. The summed E-state index contributed by atoms with van der Waals surface area (Å²) in [5.41, 5.74) is 10.3. The summed E-state index contributed by atoms with van der Waals surface area (Å²) in [4.78, 5) is 2.57. The summed E-state index contributed by atoms with van der Waals surface area (Å²) in [5, 5.41) is 0. The fourth-order valence-electron chi connectivity index (χ4n) is 2.68. The van der Waals surface area contributed by atoms with Crippen LogP contribution in [0.1, 0.15) is 29.2 Å². The van der Waals surface area contributed by atoms with E-state index in [2.05, 4.69) is 48.7 Å². The highest BCUT2D eigenvalue weighted by Crippen LogP contribution is 2.26. The van der Waals surface area contributed by atoms with E-state index in [1.54, 1.807) is 0 Å². The van der Waals surface area contributed by atoms with Gasteiger partial charge < -0.3 is 5.73 Å². The van der Waals surface area contributed by atoms with Crippen LogP contribution in [0.5, 0.6) is 0 Å². The van der Waals surface area contributed by atoms with Crippen molar-refractivity contribution in [3.8, 4) is 0 Å². The van der Waals surface area contributed by atoms with E-state index in [0.29, 0.717) is 6.04 Å². The second-order valence-corrected chi connectivity index (χ2v) is 6.27. The molecule has 1 aliphatic heterocycles. The summed E-state index contributed by atoms with van der Waals surface area (Å²) in [6.45, 7) is 7.47. The maximum Gasteiger partial charge on any atom is 0.0473 e. The summed E-state index contributed by atoms with van der Waals surface area (Å²) in [6, 6.07) is 6.98. The number of nitrogens with zero attached hydrogens (tertiary/aromatic N) is 1. The molecule has 2 nitrogen and oxygen atoms in total. The SMILES string of the molecule is Cc1cccc(C(CN)N2CCCSCC2)c1C. The van der Waals surface area contributed by atoms with Gasteiger partial charge >= 0.3 is 0 Å². The Morgan fingerprint density at radius 1 is 1.28 bits per heavy atom. The summed E-state index contributed by atoms with van der Waals surface area (Å²) >= 11 is 2.07. The zero-order valence-electron chi connectivity index (χ0n) is 11.5. The van der Waals surface area contributed by atoms with Crippen molar-refractivity contribution in [2.75, 3.05) is 31.1 Å². The summed E-state index contributed by atoms with van der Waals surface area (Å²) < 4.78 is 0. The highest BCUT2D eigenvalue weighted by atomic mass is 32.2. The molecule has 18 heavy (non-hydrogen) atoms. The molecule has 0 amide bonds. The molecule has 1 aliphatic rings. The van der Waals surface area contributed by atoms with Gasteiger partial charge in [-0.1, -0.05) is 18.2 Å². The minimum atomic E-state index is 0.392. The van der Waals surface area contributed by atoms with Crippen LogP contribution in [-0.2, 0) is 0 Å². The van der Waals surface area contributed by atoms with E-state index in [1.807, 2.05) is 0 Å². The monoisotopic (exact) mass is 264 g/mol. The average molecular weight is 264 g/mol. The average Bonchev–Trinajstić information content (AvgIpc) is 2.64. The number of rotatable bonds is 3. The van der Waals surface area contributed by atoms with Gasteiger partial charge in [-0.05, 0) is 49.3 Å². The molecule has 1 atom stereocenters. The van der Waals surface area contributed by atoms with Crippen LogP contribution in [0, 0.1) is 13.8 Å². The normalized spacial score (nSPS) is 19.5. The van der Waals surface area contributed by atoms with Crippen molar-refractivity contribution in [1.29, 1.82) is 0 Å². The van der Waals surface area contributed by atoms with Gasteiger partial charge in [-0.3, -0.25) is 4.90 Å². The van der Waals surface area contributed by atoms with Crippen molar-refractivity contribution in [3.05, 3.63) is 34.9 Å². The van der Waals surface area contributed by atoms with Crippen molar-refractivity contribution >= 4 is 11.8 Å². The van der Waals surface area contributed by atoms with Crippen molar-refractivity contribution in [2.45, 2.75) is 26.3 Å². The second-order valence-electron chi connectivity index (χ2n) is 5.04. The number of benzene rings is 1. The Morgan fingerprint density at radius 3 is 2.89 bits per heavy atom. The largest absolute Gasteiger partial charge is 0.329 e. The summed E-state index contributed by atoms with van der Waals surface area (Å²) in [7, 11) is 0. The van der Waals surface area contributed by atoms with Gasteiger partial charge in [0.2, 0.25) is 0 Å². The van der Waals surface area contributed by atoms with Crippen LogP contribution in [0.15, 0.2) is 18.2 Å². The molecule has 1 saturated heterocycles. The van der Waals surface area contributed by atoms with Gasteiger partial charge in [-0.25, -0.2) is 0 Å². The molecule has 2 N–H and O–H groups in total. The van der Waals surface area contributed by atoms with Crippen LogP contribution in [0.25, 0.3) is 0 Å². The van der Waals surface area contributed by atoms with Crippen LogP contribution < -0.4 is 5.73 Å². The number of thioether (sulfide) groups is 1. The molecule has 1 heterocycles. The first-order valence-electron chi connectivity index (χ1n) is 6.82. The van der Waals surface area contributed by atoms with Gasteiger partial charge in [-0.15, -0.1) is 0 Å². The number of aryl methyl sites for hydroxylation is 1. The quantitative estimate of drug-likeness (QED) is 0.910. The first-order valence-corrected chi connectivity index (χ1v) is 7.97. The molecule has 100 valence electrons. The molecular formula is C15H24N2S. The van der Waals surface area contributed by atoms with E-state index < -0.39 is 0 Å². The molecular weight excluding hydrogens is 240 g/mol. The Morgan fingerprint density at radius 2 is 2.11 bits per heavy atom. The van der Waals surface area contributed by atoms with E-state index in [9.17, 15) is 0 Å². The number of hydrogen-bond donors (Lipinski definition) is 1. The van der Waals surface area contributed by atoms with E-state index in [-0.39, 0.29) is 0 Å². The van der Waals surface area contributed by atoms with Crippen LogP contribution in [0.4, 0.5) is 0 Å². The molecule has 3 heteroatoms. The fraction of sp³-hybridized carbons (Fsp3) is 0.600. The molecule has 1 aromatic carbocycles. The third kappa shape index (κ3) is 3.08. The van der Waals surface area contributed by atoms with Crippen molar-refractivity contribution < 1.29 is 0 Å². The van der Waals surface area contributed by atoms with Gasteiger partial charge in [-0.2, -0.15) is 11.8 Å². The Balaban J connectivity index is 2.23. The maximum atomic E-state index is 6.06. The minimum Gasteiger partial charge on any atom is -0.329 e. The Labute approximate surface area is 115 Å². The molecule has 1 aromatic rings. The molecule has 0 radical (unpaired) electrons. The van der Waals surface area contributed by atoms with Gasteiger partial charge in [0.25, 0.3) is 0 Å². The predicted octanol–water partition coefficient (Wildman–Crippen LogP) is 2.74. The van der Waals surface area contributed by atoms with Crippen molar-refractivity contribution in [2.24, 2.45) is 5.73 Å². The van der Waals surface area contributed by atoms with Crippen LogP contribution in [0.2, 0.25) is 0 Å². The standard InChI is InChI=1S/C15H24N2S/c1-12-5-3-6-14(13(12)2)15(11-16)17-7-4-9-18-10-8-17/h3,5-6,15H,4,7-11,16H2,1-2H3. The zero-order valence-corrected chi connectivity index (χ0v) is 12.3. The zero-order chi connectivity index (χ0) is 13.0. The smallest absolute Gasteiger partial charge is 0.0473 e. The first kappa shape index (κ1) is 13.9. The summed E-state index contributed by atoms with van der Waals surface area (Å²) in [6.07, 6.45) is 1.28. The lowest BCUT2D eigenvalue weighted by atomic mass is 9.96. The van der Waals surface area contributed by atoms with E-state index in [0.717, 1.165) is 6.54 Å². The molecule has 0 aliphatic carbocycles. The Bertz CT molecular complexity index is 384. The lowest BCUT2D eigenvalue weighted by molar-refractivity contribution is 0.217. The predicted molar refractivity (Wildman–Crippen MR) is 81.2 cm³/mol. The van der Waals surface area contributed by atoms with Crippen LogP contribution in [0.3, 0.4) is 0 Å². The van der Waals surface area contributed by atoms with Gasteiger partial charge in [0.1, 0.15) is 0 Å². The lowest BCUT2D eigenvalue weighted by Gasteiger charge is -2.31. The highest BCUT2D eigenvalue weighted by Gasteiger charge is 2.21. The Kier molecular flexibility index (Phi) is 5.10.